The van der Waals surface area contributed by atoms with Gasteiger partial charge in [0.25, 0.3) is 5.91 Å². The molecule has 1 amide bonds. The molecular weight excluding hydrogens is 282 g/mol. The highest BCUT2D eigenvalue weighted by molar-refractivity contribution is 7.07. The van der Waals surface area contributed by atoms with Crippen LogP contribution in [0.15, 0.2) is 53.5 Å². The number of aromatic nitrogens is 2. The van der Waals surface area contributed by atoms with Gasteiger partial charge in [0.15, 0.2) is 0 Å². The second-order valence-corrected chi connectivity index (χ2v) is 5.56. The smallest absolute Gasteiger partial charge is 0.254 e. The molecule has 106 valence electrons. The second kappa shape index (κ2) is 5.93. The van der Waals surface area contributed by atoms with Crippen molar-refractivity contribution in [3.05, 3.63) is 64.6 Å². The predicted octanol–water partition coefficient (Wildman–Crippen LogP) is 3.41. The fourth-order valence-corrected chi connectivity index (χ4v) is 2.88. The molecule has 3 aromatic rings. The van der Waals surface area contributed by atoms with Crippen LogP contribution in [0.25, 0.3) is 11.4 Å². The zero-order valence-corrected chi connectivity index (χ0v) is 12.4. The van der Waals surface area contributed by atoms with Crippen molar-refractivity contribution in [2.75, 3.05) is 7.05 Å². The highest BCUT2D eigenvalue weighted by atomic mass is 32.1. The van der Waals surface area contributed by atoms with E-state index in [0.29, 0.717) is 17.9 Å². The molecule has 21 heavy (non-hydrogen) atoms. The molecule has 5 heteroatoms. The van der Waals surface area contributed by atoms with Crippen LogP contribution >= 0.6 is 11.3 Å². The topological polar surface area (TPSA) is 49.0 Å². The Morgan fingerprint density at radius 3 is 2.90 bits per heavy atom. The molecule has 0 atom stereocenters. The summed E-state index contributed by atoms with van der Waals surface area (Å²) in [5.74, 6) is 0.705. The number of rotatable bonds is 4. The summed E-state index contributed by atoms with van der Waals surface area (Å²) in [6, 6.07) is 9.56. The molecule has 0 radical (unpaired) electrons. The molecule has 0 bridgehead atoms. The fourth-order valence-electron chi connectivity index (χ4n) is 2.22. The first kappa shape index (κ1) is 13.6. The van der Waals surface area contributed by atoms with E-state index < -0.39 is 0 Å². The Kier molecular flexibility index (Phi) is 3.83. The average molecular weight is 297 g/mol. The van der Waals surface area contributed by atoms with Crippen LogP contribution in [-0.2, 0) is 6.54 Å². The molecule has 1 aromatic carbocycles. The number of benzene rings is 1. The predicted molar refractivity (Wildman–Crippen MR) is 84.1 cm³/mol. The number of imidazole rings is 1. The van der Waals surface area contributed by atoms with Crippen LogP contribution in [0.2, 0.25) is 0 Å². The fraction of sp³-hybridized carbons (Fsp3) is 0.125. The minimum Gasteiger partial charge on any atom is -0.345 e. The minimum atomic E-state index is -0.00630. The van der Waals surface area contributed by atoms with Crippen molar-refractivity contribution in [3.63, 3.8) is 0 Å². The van der Waals surface area contributed by atoms with E-state index >= 15 is 0 Å². The molecule has 0 aliphatic heterocycles. The number of hydrogen-bond acceptors (Lipinski definition) is 3. The third-order valence-corrected chi connectivity index (χ3v) is 3.99. The van der Waals surface area contributed by atoms with Crippen molar-refractivity contribution in [1.82, 2.24) is 14.9 Å². The van der Waals surface area contributed by atoms with E-state index in [-0.39, 0.29) is 5.91 Å². The van der Waals surface area contributed by atoms with Crippen LogP contribution in [0.3, 0.4) is 0 Å². The second-order valence-electron chi connectivity index (χ2n) is 4.78. The molecule has 0 aliphatic rings. The molecule has 0 spiro atoms. The summed E-state index contributed by atoms with van der Waals surface area (Å²) in [6.07, 6.45) is 3.44. The van der Waals surface area contributed by atoms with E-state index in [1.807, 2.05) is 42.8 Å². The van der Waals surface area contributed by atoms with Crippen LogP contribution in [0.1, 0.15) is 15.9 Å². The van der Waals surface area contributed by atoms with Crippen molar-refractivity contribution < 1.29 is 4.79 Å². The third-order valence-electron chi connectivity index (χ3n) is 3.26. The average Bonchev–Trinajstić information content (AvgIpc) is 3.19. The van der Waals surface area contributed by atoms with Crippen molar-refractivity contribution in [3.8, 4) is 11.4 Å². The van der Waals surface area contributed by atoms with Gasteiger partial charge in [-0.25, -0.2) is 4.98 Å². The van der Waals surface area contributed by atoms with Crippen LogP contribution in [0.5, 0.6) is 0 Å². The highest BCUT2D eigenvalue weighted by Gasteiger charge is 2.17. The Labute approximate surface area is 127 Å². The summed E-state index contributed by atoms with van der Waals surface area (Å²) in [5.41, 5.74) is 2.63. The van der Waals surface area contributed by atoms with Gasteiger partial charge in [-0.15, -0.1) is 0 Å². The van der Waals surface area contributed by atoms with Crippen LogP contribution < -0.4 is 0 Å². The lowest BCUT2D eigenvalue weighted by atomic mass is 10.1. The minimum absolute atomic E-state index is 0.00630. The van der Waals surface area contributed by atoms with Gasteiger partial charge in [0, 0.05) is 31.5 Å². The zero-order chi connectivity index (χ0) is 14.7. The van der Waals surface area contributed by atoms with Gasteiger partial charge in [0.1, 0.15) is 5.82 Å². The molecule has 0 saturated carbocycles. The van der Waals surface area contributed by atoms with E-state index in [4.69, 9.17) is 0 Å². The summed E-state index contributed by atoms with van der Waals surface area (Å²) in [4.78, 5) is 21.7. The Bertz CT molecular complexity index is 720. The van der Waals surface area contributed by atoms with Gasteiger partial charge in [-0.3, -0.25) is 4.79 Å². The quantitative estimate of drug-likeness (QED) is 0.802. The normalized spacial score (nSPS) is 10.5. The maximum atomic E-state index is 12.7. The Morgan fingerprint density at radius 2 is 2.19 bits per heavy atom. The molecule has 0 aliphatic carbocycles. The van der Waals surface area contributed by atoms with Gasteiger partial charge in [-0.1, -0.05) is 18.2 Å². The van der Waals surface area contributed by atoms with Crippen LogP contribution in [0.4, 0.5) is 0 Å². The van der Waals surface area contributed by atoms with E-state index in [0.717, 1.165) is 11.1 Å². The van der Waals surface area contributed by atoms with Gasteiger partial charge in [0.05, 0.1) is 5.56 Å². The Balaban J connectivity index is 1.88. The SMILES string of the molecule is CN(Cc1ccsc1)C(=O)c1ccccc1-c1ncc[nH]1. The third kappa shape index (κ3) is 2.87. The number of aromatic amines is 1. The standard InChI is InChI=1S/C16H15N3OS/c1-19(10-12-6-9-21-11-12)16(20)14-5-3-2-4-13(14)15-17-7-8-18-15/h2-9,11H,10H2,1H3,(H,17,18). The number of H-pyrrole nitrogens is 1. The molecular formula is C16H15N3OS. The molecule has 4 nitrogen and oxygen atoms in total. The molecule has 0 unspecified atom stereocenters. The van der Waals surface area contributed by atoms with E-state index in [2.05, 4.69) is 15.3 Å². The Morgan fingerprint density at radius 1 is 1.33 bits per heavy atom. The maximum Gasteiger partial charge on any atom is 0.254 e. The number of hydrogen-bond donors (Lipinski definition) is 1. The number of nitrogens with one attached hydrogen (secondary N) is 1. The molecule has 2 heterocycles. The number of carbonyl (C=O) groups excluding carboxylic acids is 1. The largest absolute Gasteiger partial charge is 0.345 e. The Hall–Kier alpha value is -2.40. The number of carbonyl (C=O) groups is 1. The van der Waals surface area contributed by atoms with E-state index in [1.54, 1.807) is 28.6 Å². The van der Waals surface area contributed by atoms with Gasteiger partial charge < -0.3 is 9.88 Å². The van der Waals surface area contributed by atoms with Crippen LogP contribution in [0, 0.1) is 0 Å². The molecule has 3 rings (SSSR count). The lowest BCUT2D eigenvalue weighted by Gasteiger charge is -2.18. The first-order chi connectivity index (χ1) is 10.3. The number of thiophene rings is 1. The summed E-state index contributed by atoms with van der Waals surface area (Å²) < 4.78 is 0. The monoisotopic (exact) mass is 297 g/mol. The maximum absolute atomic E-state index is 12.7. The van der Waals surface area contributed by atoms with Crippen molar-refractivity contribution in [1.29, 1.82) is 0 Å². The van der Waals surface area contributed by atoms with Gasteiger partial charge in [-0.05, 0) is 28.5 Å². The zero-order valence-electron chi connectivity index (χ0n) is 11.6. The van der Waals surface area contributed by atoms with Gasteiger partial charge >= 0.3 is 0 Å². The summed E-state index contributed by atoms with van der Waals surface area (Å²) in [6.45, 7) is 0.606. The highest BCUT2D eigenvalue weighted by Crippen LogP contribution is 2.22. The molecule has 0 saturated heterocycles. The summed E-state index contributed by atoms with van der Waals surface area (Å²) in [7, 11) is 1.82. The number of nitrogens with zero attached hydrogens (tertiary/aromatic N) is 2. The number of amides is 1. The first-order valence-corrected chi connectivity index (χ1v) is 7.55. The lowest BCUT2D eigenvalue weighted by Crippen LogP contribution is -2.26. The van der Waals surface area contributed by atoms with Crippen molar-refractivity contribution >= 4 is 17.2 Å². The first-order valence-electron chi connectivity index (χ1n) is 6.61. The van der Waals surface area contributed by atoms with E-state index in [9.17, 15) is 4.79 Å². The molecule has 2 aromatic heterocycles. The molecule has 0 fully saturated rings. The summed E-state index contributed by atoms with van der Waals surface area (Å²) in [5, 5.41) is 4.08. The van der Waals surface area contributed by atoms with Gasteiger partial charge in [0.2, 0.25) is 0 Å². The van der Waals surface area contributed by atoms with Crippen molar-refractivity contribution in [2.45, 2.75) is 6.54 Å². The summed E-state index contributed by atoms with van der Waals surface area (Å²) >= 11 is 1.64. The van der Waals surface area contributed by atoms with Gasteiger partial charge in [-0.2, -0.15) is 11.3 Å². The lowest BCUT2D eigenvalue weighted by molar-refractivity contribution is 0.0786. The van der Waals surface area contributed by atoms with Crippen LogP contribution in [-0.4, -0.2) is 27.8 Å². The van der Waals surface area contributed by atoms with Crippen molar-refractivity contribution in [2.24, 2.45) is 0 Å². The van der Waals surface area contributed by atoms with E-state index in [1.165, 1.54) is 0 Å². The molecule has 1 N–H and O–H groups in total.